The maximum absolute atomic E-state index is 4.97. The van der Waals surface area contributed by atoms with Crippen molar-refractivity contribution < 1.29 is 4.74 Å². The van der Waals surface area contributed by atoms with E-state index in [0.29, 0.717) is 6.04 Å². The van der Waals surface area contributed by atoms with Gasteiger partial charge in [-0.15, -0.1) is 0 Å². The van der Waals surface area contributed by atoms with Gasteiger partial charge in [-0.1, -0.05) is 22.6 Å². The third-order valence-electron chi connectivity index (χ3n) is 1.22. The Morgan fingerprint density at radius 3 is 2.80 bits per heavy atom. The Kier molecular flexibility index (Phi) is 8.26. The van der Waals surface area contributed by atoms with Crippen LogP contribution in [-0.4, -0.2) is 30.7 Å². The Hall–Kier alpha value is 0.650. The van der Waals surface area contributed by atoms with Gasteiger partial charge in [0, 0.05) is 17.6 Å². The maximum atomic E-state index is 4.97. The van der Waals surface area contributed by atoms with Crippen LogP contribution >= 0.6 is 22.6 Å². The zero-order valence-corrected chi connectivity index (χ0v) is 8.85. The van der Waals surface area contributed by atoms with E-state index in [1.54, 1.807) is 7.11 Å². The predicted molar refractivity (Wildman–Crippen MR) is 52.8 cm³/mol. The van der Waals surface area contributed by atoms with E-state index in [-0.39, 0.29) is 0 Å². The van der Waals surface area contributed by atoms with Gasteiger partial charge in [-0.2, -0.15) is 0 Å². The lowest BCUT2D eigenvalue weighted by Crippen LogP contribution is -2.30. The Balaban J connectivity index is 2.97. The summed E-state index contributed by atoms with van der Waals surface area (Å²) >= 11 is 2.38. The molecule has 0 aliphatic rings. The molecule has 0 saturated carbocycles. The first-order chi connectivity index (χ1) is 4.81. The normalized spacial score (nSPS) is 13.5. The third-order valence-corrected chi connectivity index (χ3v) is 1.98. The Morgan fingerprint density at radius 2 is 2.30 bits per heavy atom. The van der Waals surface area contributed by atoms with E-state index in [4.69, 9.17) is 4.74 Å². The van der Waals surface area contributed by atoms with Crippen molar-refractivity contribution in [3.05, 3.63) is 0 Å². The molecule has 1 atom stereocenters. The van der Waals surface area contributed by atoms with Crippen molar-refractivity contribution in [3.63, 3.8) is 0 Å². The van der Waals surface area contributed by atoms with Crippen molar-refractivity contribution in [1.29, 1.82) is 0 Å². The van der Waals surface area contributed by atoms with Gasteiger partial charge in [-0.25, -0.2) is 0 Å². The first-order valence-electron chi connectivity index (χ1n) is 3.59. The van der Waals surface area contributed by atoms with Gasteiger partial charge in [0.25, 0.3) is 0 Å². The molecule has 3 heteroatoms. The first kappa shape index (κ1) is 10.7. The summed E-state index contributed by atoms with van der Waals surface area (Å²) in [5.41, 5.74) is 0. The van der Waals surface area contributed by atoms with E-state index in [1.165, 1.54) is 10.8 Å². The largest absolute Gasteiger partial charge is 0.383 e. The minimum Gasteiger partial charge on any atom is -0.383 e. The topological polar surface area (TPSA) is 21.3 Å². The number of rotatable bonds is 6. The number of ether oxygens (including phenoxy) is 1. The Labute approximate surface area is 76.9 Å². The van der Waals surface area contributed by atoms with E-state index in [9.17, 15) is 0 Å². The van der Waals surface area contributed by atoms with Crippen molar-refractivity contribution in [2.24, 2.45) is 0 Å². The van der Waals surface area contributed by atoms with E-state index in [1.807, 2.05) is 0 Å². The lowest BCUT2D eigenvalue weighted by molar-refractivity contribution is 0.172. The van der Waals surface area contributed by atoms with Crippen LogP contribution in [-0.2, 0) is 4.74 Å². The Bertz CT molecular complexity index is 70.6. The monoisotopic (exact) mass is 257 g/mol. The van der Waals surface area contributed by atoms with Crippen LogP contribution in [0.2, 0.25) is 0 Å². The molecule has 0 radical (unpaired) electrons. The van der Waals surface area contributed by atoms with Crippen molar-refractivity contribution in [1.82, 2.24) is 5.32 Å². The molecule has 0 aromatic carbocycles. The van der Waals surface area contributed by atoms with Gasteiger partial charge in [-0.05, 0) is 19.9 Å². The van der Waals surface area contributed by atoms with E-state index in [2.05, 4.69) is 34.8 Å². The molecule has 0 rings (SSSR count). The zero-order valence-electron chi connectivity index (χ0n) is 6.69. The molecule has 0 heterocycles. The molecule has 1 unspecified atom stereocenters. The molecule has 0 fully saturated rings. The summed E-state index contributed by atoms with van der Waals surface area (Å²) in [4.78, 5) is 0. The van der Waals surface area contributed by atoms with Crippen LogP contribution in [0.3, 0.4) is 0 Å². The minimum absolute atomic E-state index is 0.493. The number of halogens is 1. The summed E-state index contributed by atoms with van der Waals surface area (Å²) in [5, 5.41) is 3.35. The summed E-state index contributed by atoms with van der Waals surface area (Å²) in [6, 6.07) is 0.493. The molecule has 0 saturated heterocycles. The smallest absolute Gasteiger partial charge is 0.0613 e. The molecule has 0 aliphatic carbocycles. The molecule has 0 bridgehead atoms. The molecule has 0 spiro atoms. The van der Waals surface area contributed by atoms with Crippen LogP contribution in [0.15, 0.2) is 0 Å². The molecule has 0 aromatic heterocycles. The highest BCUT2D eigenvalue weighted by Crippen LogP contribution is 1.87. The van der Waals surface area contributed by atoms with Gasteiger partial charge in [-0.3, -0.25) is 0 Å². The first-order valence-corrected chi connectivity index (χ1v) is 5.12. The number of nitrogens with one attached hydrogen (secondary N) is 1. The molecule has 62 valence electrons. The van der Waals surface area contributed by atoms with Crippen molar-refractivity contribution >= 4 is 22.6 Å². The fourth-order valence-electron chi connectivity index (χ4n) is 0.724. The predicted octanol–water partition coefficient (Wildman–Crippen LogP) is 1.44. The summed E-state index contributed by atoms with van der Waals surface area (Å²) in [6.45, 7) is 4.05. The zero-order chi connectivity index (χ0) is 7.82. The van der Waals surface area contributed by atoms with Gasteiger partial charge in [0.15, 0.2) is 0 Å². The van der Waals surface area contributed by atoms with Crippen molar-refractivity contribution in [3.8, 4) is 0 Å². The Morgan fingerprint density at radius 1 is 1.60 bits per heavy atom. The lowest BCUT2D eigenvalue weighted by Gasteiger charge is -2.11. The highest BCUT2D eigenvalue weighted by Gasteiger charge is 1.97. The number of hydrogen-bond donors (Lipinski definition) is 1. The molecule has 10 heavy (non-hydrogen) atoms. The number of hydrogen-bond acceptors (Lipinski definition) is 2. The van der Waals surface area contributed by atoms with Crippen molar-refractivity contribution in [2.75, 3.05) is 24.7 Å². The second-order valence-corrected chi connectivity index (χ2v) is 3.43. The summed E-state index contributed by atoms with van der Waals surface area (Å²) in [6.07, 6.45) is 1.24. The number of methoxy groups -OCH3 is 1. The van der Waals surface area contributed by atoms with Crippen LogP contribution in [0.25, 0.3) is 0 Å². The lowest BCUT2D eigenvalue weighted by atomic mass is 10.3. The van der Waals surface area contributed by atoms with Crippen LogP contribution in [0.1, 0.15) is 13.3 Å². The third kappa shape index (κ3) is 6.77. The molecule has 0 amide bonds. The SMILES string of the molecule is COCC(C)NCCCI. The second kappa shape index (κ2) is 7.75. The minimum atomic E-state index is 0.493. The van der Waals surface area contributed by atoms with Crippen molar-refractivity contribution in [2.45, 2.75) is 19.4 Å². The fourth-order valence-corrected chi connectivity index (χ4v) is 1.11. The molecule has 0 aliphatic heterocycles. The molecule has 2 nitrogen and oxygen atoms in total. The van der Waals surface area contributed by atoms with Gasteiger partial charge in [0.1, 0.15) is 0 Å². The summed E-state index contributed by atoms with van der Waals surface area (Å²) < 4.78 is 6.20. The second-order valence-electron chi connectivity index (χ2n) is 2.35. The van der Waals surface area contributed by atoms with Crippen LogP contribution in [0.4, 0.5) is 0 Å². The quantitative estimate of drug-likeness (QED) is 0.441. The van der Waals surface area contributed by atoms with Crippen LogP contribution in [0.5, 0.6) is 0 Å². The van der Waals surface area contributed by atoms with E-state index < -0.39 is 0 Å². The molecular weight excluding hydrogens is 241 g/mol. The van der Waals surface area contributed by atoms with E-state index in [0.717, 1.165) is 13.2 Å². The van der Waals surface area contributed by atoms with Gasteiger partial charge in [0.2, 0.25) is 0 Å². The molecular formula is C7H16INO. The average molecular weight is 257 g/mol. The highest BCUT2D eigenvalue weighted by atomic mass is 127. The molecule has 0 aromatic rings. The van der Waals surface area contributed by atoms with Crippen LogP contribution in [0, 0.1) is 0 Å². The fraction of sp³-hybridized carbons (Fsp3) is 1.00. The highest BCUT2D eigenvalue weighted by molar-refractivity contribution is 14.1. The summed E-state index contributed by atoms with van der Waals surface area (Å²) in [5.74, 6) is 0. The molecule has 1 N–H and O–H groups in total. The number of alkyl halides is 1. The van der Waals surface area contributed by atoms with Gasteiger partial charge < -0.3 is 10.1 Å². The van der Waals surface area contributed by atoms with E-state index >= 15 is 0 Å². The summed E-state index contributed by atoms with van der Waals surface area (Å²) in [7, 11) is 1.73. The standard InChI is InChI=1S/C7H16INO/c1-7(6-10-2)9-5-3-4-8/h7,9H,3-6H2,1-2H3. The van der Waals surface area contributed by atoms with Gasteiger partial charge in [0.05, 0.1) is 6.61 Å². The maximum Gasteiger partial charge on any atom is 0.0613 e. The average Bonchev–Trinajstić information content (AvgIpc) is 1.89. The van der Waals surface area contributed by atoms with Crippen LogP contribution < -0.4 is 5.32 Å². The van der Waals surface area contributed by atoms with Gasteiger partial charge >= 0.3 is 0 Å².